The monoisotopic (exact) mass is 184 g/mol. The zero-order chi connectivity index (χ0) is 9.76. The molecular formula is C14H16. The van der Waals surface area contributed by atoms with E-state index in [9.17, 15) is 0 Å². The standard InChI is InChI=1S/C14H16/c1-10-3-4-12-8-11(2)14(5-6-14)9-13(12)7-10/h3-4,7H,2,5-6,8-9H2,1H3. The Morgan fingerprint density at radius 3 is 2.71 bits per heavy atom. The summed E-state index contributed by atoms with van der Waals surface area (Å²) < 4.78 is 0. The molecule has 1 aromatic rings. The summed E-state index contributed by atoms with van der Waals surface area (Å²) in [5.41, 5.74) is 6.50. The van der Waals surface area contributed by atoms with Crippen molar-refractivity contribution in [2.24, 2.45) is 5.41 Å². The molecule has 2 aliphatic carbocycles. The van der Waals surface area contributed by atoms with Crippen LogP contribution in [-0.2, 0) is 12.8 Å². The highest BCUT2D eigenvalue weighted by atomic mass is 14.5. The molecule has 1 fully saturated rings. The summed E-state index contributed by atoms with van der Waals surface area (Å²) >= 11 is 0. The van der Waals surface area contributed by atoms with Gasteiger partial charge in [-0.3, -0.25) is 0 Å². The van der Waals surface area contributed by atoms with Crippen LogP contribution in [0.5, 0.6) is 0 Å². The number of rotatable bonds is 0. The van der Waals surface area contributed by atoms with Crippen LogP contribution in [-0.4, -0.2) is 0 Å². The van der Waals surface area contributed by atoms with Crippen LogP contribution in [0.15, 0.2) is 30.4 Å². The Morgan fingerprint density at radius 2 is 2.00 bits per heavy atom. The van der Waals surface area contributed by atoms with Crippen LogP contribution in [0.2, 0.25) is 0 Å². The predicted octanol–water partition coefficient (Wildman–Crippen LogP) is 3.43. The maximum atomic E-state index is 4.25. The topological polar surface area (TPSA) is 0 Å². The van der Waals surface area contributed by atoms with Crippen LogP contribution in [0, 0.1) is 12.3 Å². The van der Waals surface area contributed by atoms with Gasteiger partial charge in [-0.15, -0.1) is 0 Å². The molecule has 0 atom stereocenters. The highest BCUT2D eigenvalue weighted by molar-refractivity contribution is 5.42. The maximum Gasteiger partial charge on any atom is -0.00464 e. The normalized spacial score (nSPS) is 22.2. The lowest BCUT2D eigenvalue weighted by atomic mass is 9.78. The minimum Gasteiger partial charge on any atom is -0.0990 e. The Kier molecular flexibility index (Phi) is 1.48. The van der Waals surface area contributed by atoms with Crippen LogP contribution in [0.1, 0.15) is 29.5 Å². The highest BCUT2D eigenvalue weighted by Gasteiger charge is 2.47. The van der Waals surface area contributed by atoms with Gasteiger partial charge in [-0.2, -0.15) is 0 Å². The first-order valence-corrected chi connectivity index (χ1v) is 5.46. The van der Waals surface area contributed by atoms with Gasteiger partial charge >= 0.3 is 0 Å². The largest absolute Gasteiger partial charge is 0.0990 e. The Bertz CT molecular complexity index is 408. The van der Waals surface area contributed by atoms with E-state index in [2.05, 4.69) is 31.7 Å². The zero-order valence-electron chi connectivity index (χ0n) is 8.77. The van der Waals surface area contributed by atoms with Crippen molar-refractivity contribution in [2.75, 3.05) is 0 Å². The van der Waals surface area contributed by atoms with Gasteiger partial charge in [-0.05, 0) is 49.1 Å². The summed E-state index contributed by atoms with van der Waals surface area (Å²) in [6, 6.07) is 6.87. The van der Waals surface area contributed by atoms with Gasteiger partial charge in [0.2, 0.25) is 0 Å². The van der Waals surface area contributed by atoms with E-state index in [0.717, 1.165) is 6.42 Å². The SMILES string of the molecule is C=C1Cc2ccc(C)cc2CC12CC2. The minimum atomic E-state index is 0.529. The van der Waals surface area contributed by atoms with Gasteiger partial charge in [0.25, 0.3) is 0 Å². The summed E-state index contributed by atoms with van der Waals surface area (Å²) in [7, 11) is 0. The first-order valence-electron chi connectivity index (χ1n) is 5.46. The molecule has 0 aromatic heterocycles. The molecule has 0 N–H and O–H groups in total. The van der Waals surface area contributed by atoms with E-state index in [1.165, 1.54) is 36.0 Å². The highest BCUT2D eigenvalue weighted by Crippen LogP contribution is 2.57. The molecule has 0 aliphatic heterocycles. The van der Waals surface area contributed by atoms with Gasteiger partial charge in [-0.1, -0.05) is 35.9 Å². The fourth-order valence-electron chi connectivity index (χ4n) is 2.68. The van der Waals surface area contributed by atoms with E-state index < -0.39 is 0 Å². The van der Waals surface area contributed by atoms with Gasteiger partial charge in [0.15, 0.2) is 0 Å². The van der Waals surface area contributed by atoms with Crippen LogP contribution >= 0.6 is 0 Å². The van der Waals surface area contributed by atoms with E-state index in [0.29, 0.717) is 5.41 Å². The average molecular weight is 184 g/mol. The number of fused-ring (bicyclic) bond motifs is 1. The molecule has 2 aliphatic rings. The quantitative estimate of drug-likeness (QED) is 0.542. The summed E-state index contributed by atoms with van der Waals surface area (Å²) in [4.78, 5) is 0. The first-order chi connectivity index (χ1) is 6.70. The minimum absolute atomic E-state index is 0.529. The molecule has 0 radical (unpaired) electrons. The second-order valence-corrected chi connectivity index (χ2v) is 5.01. The molecule has 0 unspecified atom stereocenters. The van der Waals surface area contributed by atoms with Gasteiger partial charge in [0, 0.05) is 0 Å². The van der Waals surface area contributed by atoms with E-state index in [1.807, 2.05) is 0 Å². The Balaban J connectivity index is 2.07. The van der Waals surface area contributed by atoms with Crippen molar-refractivity contribution in [1.29, 1.82) is 0 Å². The van der Waals surface area contributed by atoms with E-state index in [1.54, 1.807) is 5.56 Å². The first kappa shape index (κ1) is 8.28. The average Bonchev–Trinajstić information content (AvgIpc) is 2.89. The molecule has 14 heavy (non-hydrogen) atoms. The van der Waals surface area contributed by atoms with E-state index in [4.69, 9.17) is 0 Å². The molecular weight excluding hydrogens is 168 g/mol. The number of aryl methyl sites for hydroxylation is 1. The lowest BCUT2D eigenvalue weighted by Gasteiger charge is -2.27. The Morgan fingerprint density at radius 1 is 1.21 bits per heavy atom. The van der Waals surface area contributed by atoms with Crippen molar-refractivity contribution >= 4 is 0 Å². The van der Waals surface area contributed by atoms with Crippen molar-refractivity contribution < 1.29 is 0 Å². The van der Waals surface area contributed by atoms with Gasteiger partial charge in [-0.25, -0.2) is 0 Å². The smallest absolute Gasteiger partial charge is 0.00464 e. The van der Waals surface area contributed by atoms with Crippen LogP contribution < -0.4 is 0 Å². The van der Waals surface area contributed by atoms with Crippen LogP contribution in [0.3, 0.4) is 0 Å². The summed E-state index contributed by atoms with van der Waals surface area (Å²) in [6.45, 7) is 6.43. The van der Waals surface area contributed by atoms with E-state index >= 15 is 0 Å². The van der Waals surface area contributed by atoms with Crippen LogP contribution in [0.25, 0.3) is 0 Å². The summed E-state index contributed by atoms with van der Waals surface area (Å²) in [5.74, 6) is 0. The number of hydrogen-bond donors (Lipinski definition) is 0. The molecule has 3 rings (SSSR count). The lowest BCUT2D eigenvalue weighted by Crippen LogP contribution is -2.17. The third kappa shape index (κ3) is 1.06. The fraction of sp³-hybridized carbons (Fsp3) is 0.429. The lowest BCUT2D eigenvalue weighted by molar-refractivity contribution is 0.563. The van der Waals surface area contributed by atoms with E-state index in [-0.39, 0.29) is 0 Å². The Hall–Kier alpha value is -1.04. The third-order valence-corrected chi connectivity index (χ3v) is 3.90. The molecule has 0 heteroatoms. The number of allylic oxidation sites excluding steroid dienone is 1. The second-order valence-electron chi connectivity index (χ2n) is 5.01. The van der Waals surface area contributed by atoms with Crippen molar-refractivity contribution in [3.63, 3.8) is 0 Å². The molecule has 0 bridgehead atoms. The number of benzene rings is 1. The summed E-state index contributed by atoms with van der Waals surface area (Å²) in [5, 5.41) is 0. The van der Waals surface area contributed by atoms with Crippen molar-refractivity contribution in [3.05, 3.63) is 47.0 Å². The Labute approximate surface area is 85.6 Å². The predicted molar refractivity (Wildman–Crippen MR) is 59.4 cm³/mol. The zero-order valence-corrected chi connectivity index (χ0v) is 8.77. The molecule has 1 aromatic carbocycles. The molecule has 72 valence electrons. The second kappa shape index (κ2) is 2.50. The molecule has 0 nitrogen and oxygen atoms in total. The van der Waals surface area contributed by atoms with Gasteiger partial charge in [0.05, 0.1) is 0 Å². The third-order valence-electron chi connectivity index (χ3n) is 3.90. The summed E-state index contributed by atoms with van der Waals surface area (Å²) in [6.07, 6.45) is 5.12. The van der Waals surface area contributed by atoms with Crippen molar-refractivity contribution in [1.82, 2.24) is 0 Å². The fourth-order valence-corrected chi connectivity index (χ4v) is 2.68. The maximum absolute atomic E-state index is 4.25. The molecule has 0 amide bonds. The van der Waals surface area contributed by atoms with Crippen LogP contribution in [0.4, 0.5) is 0 Å². The molecule has 1 spiro atoms. The number of hydrogen-bond acceptors (Lipinski definition) is 0. The van der Waals surface area contributed by atoms with Gasteiger partial charge < -0.3 is 0 Å². The van der Waals surface area contributed by atoms with Gasteiger partial charge in [0.1, 0.15) is 0 Å². The van der Waals surface area contributed by atoms with Crippen molar-refractivity contribution in [2.45, 2.75) is 32.6 Å². The van der Waals surface area contributed by atoms with Crippen molar-refractivity contribution in [3.8, 4) is 0 Å². The molecule has 0 saturated heterocycles. The molecule has 1 saturated carbocycles. The molecule has 0 heterocycles.